The number of carbonyl (C=O) groups is 2. The van der Waals surface area contributed by atoms with E-state index in [9.17, 15) is 9.59 Å². The Morgan fingerprint density at radius 3 is 2.20 bits per heavy atom. The van der Waals surface area contributed by atoms with Crippen molar-refractivity contribution in [2.45, 2.75) is 44.6 Å². The van der Waals surface area contributed by atoms with Crippen LogP contribution in [0.5, 0.6) is 23.0 Å². The van der Waals surface area contributed by atoms with Crippen molar-refractivity contribution in [3.63, 3.8) is 0 Å². The third-order valence-electron chi connectivity index (χ3n) is 7.08. The monoisotopic (exact) mass is 475 g/mol. The highest BCUT2D eigenvalue weighted by molar-refractivity contribution is 6.13. The van der Waals surface area contributed by atoms with Crippen LogP contribution in [0.3, 0.4) is 0 Å². The molecule has 182 valence electrons. The van der Waals surface area contributed by atoms with Crippen LogP contribution in [0.15, 0.2) is 48.7 Å². The summed E-state index contributed by atoms with van der Waals surface area (Å²) >= 11 is 0. The zero-order valence-electron chi connectivity index (χ0n) is 20.1. The summed E-state index contributed by atoms with van der Waals surface area (Å²) in [5, 5.41) is 6.80. The summed E-state index contributed by atoms with van der Waals surface area (Å²) in [6, 6.07) is 12.5. The SMILES string of the molecule is CCC1(NC(=O)C2(C(=O)Nc3ccc(Oc4ccnc5cc(OC)c(OC)cc45)cc3)CC2)CC1. The maximum absolute atomic E-state index is 12.9. The first-order chi connectivity index (χ1) is 16.9. The van der Waals surface area contributed by atoms with Crippen LogP contribution in [0.1, 0.15) is 39.0 Å². The Morgan fingerprint density at radius 1 is 0.914 bits per heavy atom. The number of benzene rings is 2. The largest absolute Gasteiger partial charge is 0.493 e. The molecule has 1 heterocycles. The van der Waals surface area contributed by atoms with Crippen LogP contribution in [-0.4, -0.2) is 36.6 Å². The molecule has 0 unspecified atom stereocenters. The molecule has 2 saturated carbocycles. The van der Waals surface area contributed by atoms with Gasteiger partial charge < -0.3 is 24.8 Å². The highest BCUT2D eigenvalue weighted by Crippen LogP contribution is 2.49. The van der Waals surface area contributed by atoms with Crippen LogP contribution < -0.4 is 24.8 Å². The summed E-state index contributed by atoms with van der Waals surface area (Å²) in [6.07, 6.45) is 5.70. The fourth-order valence-corrected chi connectivity index (χ4v) is 4.28. The number of anilines is 1. The lowest BCUT2D eigenvalue weighted by molar-refractivity contribution is -0.135. The molecule has 2 aliphatic rings. The van der Waals surface area contributed by atoms with Crippen LogP contribution in [0.25, 0.3) is 10.9 Å². The van der Waals surface area contributed by atoms with E-state index in [1.807, 2.05) is 6.07 Å². The van der Waals surface area contributed by atoms with Gasteiger partial charge >= 0.3 is 0 Å². The van der Waals surface area contributed by atoms with Crippen molar-refractivity contribution in [2.75, 3.05) is 19.5 Å². The van der Waals surface area contributed by atoms with Gasteiger partial charge in [-0.3, -0.25) is 14.6 Å². The number of hydrogen-bond donors (Lipinski definition) is 2. The molecule has 2 aromatic carbocycles. The van der Waals surface area contributed by atoms with Crippen molar-refractivity contribution < 1.29 is 23.8 Å². The van der Waals surface area contributed by atoms with Gasteiger partial charge in [0.1, 0.15) is 16.9 Å². The van der Waals surface area contributed by atoms with Gasteiger partial charge in [-0.25, -0.2) is 0 Å². The molecule has 8 heteroatoms. The van der Waals surface area contributed by atoms with E-state index in [1.165, 1.54) is 0 Å². The highest BCUT2D eigenvalue weighted by Gasteiger charge is 2.58. The van der Waals surface area contributed by atoms with Gasteiger partial charge in [0.15, 0.2) is 11.5 Å². The van der Waals surface area contributed by atoms with Gasteiger partial charge in [0.05, 0.1) is 19.7 Å². The Labute approximate surface area is 204 Å². The number of rotatable bonds is 9. The molecule has 0 saturated heterocycles. The van der Waals surface area contributed by atoms with Crippen LogP contribution >= 0.6 is 0 Å². The number of fused-ring (bicyclic) bond motifs is 1. The Morgan fingerprint density at radius 2 is 1.60 bits per heavy atom. The Kier molecular flexibility index (Phi) is 5.75. The van der Waals surface area contributed by atoms with Gasteiger partial charge in [-0.1, -0.05) is 6.92 Å². The van der Waals surface area contributed by atoms with Crippen molar-refractivity contribution in [1.82, 2.24) is 10.3 Å². The third kappa shape index (κ3) is 4.36. The Bertz CT molecular complexity index is 1280. The number of ether oxygens (including phenoxy) is 3. The highest BCUT2D eigenvalue weighted by atomic mass is 16.5. The molecule has 0 atom stereocenters. The molecular weight excluding hydrogens is 446 g/mol. The molecule has 2 aliphatic carbocycles. The average Bonchev–Trinajstić information content (AvgIpc) is 3.80. The first-order valence-corrected chi connectivity index (χ1v) is 11.8. The van der Waals surface area contributed by atoms with Crippen LogP contribution in [0.4, 0.5) is 5.69 Å². The Hall–Kier alpha value is -3.81. The van der Waals surface area contributed by atoms with E-state index in [4.69, 9.17) is 14.2 Å². The van der Waals surface area contributed by atoms with Crippen molar-refractivity contribution in [1.29, 1.82) is 0 Å². The summed E-state index contributed by atoms with van der Waals surface area (Å²) in [4.78, 5) is 30.1. The molecule has 35 heavy (non-hydrogen) atoms. The molecule has 3 aromatic rings. The van der Waals surface area contributed by atoms with Gasteiger partial charge in [0, 0.05) is 28.9 Å². The van der Waals surface area contributed by atoms with Gasteiger partial charge in [-0.2, -0.15) is 0 Å². The molecule has 2 amide bonds. The minimum absolute atomic E-state index is 0.0990. The molecule has 1 aromatic heterocycles. The predicted molar refractivity (Wildman–Crippen MR) is 132 cm³/mol. The standard InChI is InChI=1S/C27H29N3O5/c1-4-26(10-11-26)30-25(32)27(12-13-27)24(31)29-17-5-7-18(8-6-17)35-21-9-14-28-20-16-23(34-3)22(33-2)15-19(20)21/h5-9,14-16H,4,10-13H2,1-3H3,(H,29,31)(H,30,32). The Balaban J connectivity index is 1.28. The lowest BCUT2D eigenvalue weighted by Crippen LogP contribution is -2.45. The molecule has 0 aliphatic heterocycles. The summed E-state index contributed by atoms with van der Waals surface area (Å²) in [7, 11) is 3.16. The van der Waals surface area contributed by atoms with Crippen LogP contribution in [0.2, 0.25) is 0 Å². The molecule has 0 spiro atoms. The average molecular weight is 476 g/mol. The quantitative estimate of drug-likeness (QED) is 0.431. The summed E-state index contributed by atoms with van der Waals surface area (Å²) in [5.74, 6) is 1.99. The second-order valence-electron chi connectivity index (χ2n) is 9.28. The maximum Gasteiger partial charge on any atom is 0.240 e. The maximum atomic E-state index is 12.9. The van der Waals surface area contributed by atoms with Crippen LogP contribution in [0, 0.1) is 5.41 Å². The fourth-order valence-electron chi connectivity index (χ4n) is 4.28. The normalized spacial score (nSPS) is 16.8. The number of amides is 2. The van der Waals surface area contributed by atoms with Gasteiger partial charge in [-0.15, -0.1) is 0 Å². The zero-order chi connectivity index (χ0) is 24.6. The number of pyridine rings is 1. The second kappa shape index (κ2) is 8.76. The molecule has 2 fully saturated rings. The molecule has 2 N–H and O–H groups in total. The number of nitrogens with zero attached hydrogens (tertiary/aromatic N) is 1. The van der Waals surface area contributed by atoms with Gasteiger partial charge in [0.2, 0.25) is 11.8 Å². The van der Waals surface area contributed by atoms with E-state index in [2.05, 4.69) is 22.5 Å². The topological polar surface area (TPSA) is 98.8 Å². The summed E-state index contributed by atoms with van der Waals surface area (Å²) in [5.41, 5.74) is 0.283. The lowest BCUT2D eigenvalue weighted by Gasteiger charge is -2.20. The first-order valence-electron chi connectivity index (χ1n) is 11.8. The molecule has 0 radical (unpaired) electrons. The summed E-state index contributed by atoms with van der Waals surface area (Å²) < 4.78 is 16.9. The van der Waals surface area contributed by atoms with E-state index in [0.717, 1.165) is 24.6 Å². The van der Waals surface area contributed by atoms with E-state index in [0.29, 0.717) is 47.0 Å². The fraction of sp³-hybridized carbons (Fsp3) is 0.370. The molecular formula is C27H29N3O5. The molecule has 5 rings (SSSR count). The number of aromatic nitrogens is 1. The van der Waals surface area contributed by atoms with E-state index < -0.39 is 5.41 Å². The van der Waals surface area contributed by atoms with E-state index in [-0.39, 0.29) is 17.4 Å². The zero-order valence-corrected chi connectivity index (χ0v) is 20.1. The van der Waals surface area contributed by atoms with Crippen molar-refractivity contribution in [2.24, 2.45) is 5.41 Å². The van der Waals surface area contributed by atoms with Crippen molar-refractivity contribution in [3.8, 4) is 23.0 Å². The number of methoxy groups -OCH3 is 2. The predicted octanol–water partition coefficient (Wildman–Crippen LogP) is 4.82. The molecule has 8 nitrogen and oxygen atoms in total. The first kappa shape index (κ1) is 23.0. The van der Waals surface area contributed by atoms with E-state index >= 15 is 0 Å². The molecule has 0 bridgehead atoms. The van der Waals surface area contributed by atoms with E-state index in [1.54, 1.807) is 56.8 Å². The number of hydrogen-bond acceptors (Lipinski definition) is 6. The van der Waals surface area contributed by atoms with Crippen molar-refractivity contribution in [3.05, 3.63) is 48.7 Å². The third-order valence-corrected chi connectivity index (χ3v) is 7.08. The van der Waals surface area contributed by atoms with Gasteiger partial charge in [0.25, 0.3) is 0 Å². The number of carbonyl (C=O) groups excluding carboxylic acids is 2. The van der Waals surface area contributed by atoms with Gasteiger partial charge in [-0.05, 0) is 68.5 Å². The lowest BCUT2D eigenvalue weighted by atomic mass is 10.0. The van der Waals surface area contributed by atoms with Crippen molar-refractivity contribution >= 4 is 28.4 Å². The smallest absolute Gasteiger partial charge is 0.240 e. The number of nitrogens with one attached hydrogen (secondary N) is 2. The summed E-state index contributed by atoms with van der Waals surface area (Å²) in [6.45, 7) is 2.07. The minimum Gasteiger partial charge on any atom is -0.493 e. The minimum atomic E-state index is -0.948. The van der Waals surface area contributed by atoms with Crippen LogP contribution in [-0.2, 0) is 9.59 Å². The second-order valence-corrected chi connectivity index (χ2v) is 9.28.